The topological polar surface area (TPSA) is 35.5 Å². The molecule has 3 nitrogen and oxygen atoms in total. The van der Waals surface area contributed by atoms with Gasteiger partial charge in [0.1, 0.15) is 12.4 Å². The summed E-state index contributed by atoms with van der Waals surface area (Å²) in [6, 6.07) is 12.0. The molecule has 0 radical (unpaired) electrons. The highest BCUT2D eigenvalue weighted by Gasteiger charge is 2.12. The minimum absolute atomic E-state index is 0.321. The van der Waals surface area contributed by atoms with Crippen LogP contribution in [0.15, 0.2) is 41.3 Å². The summed E-state index contributed by atoms with van der Waals surface area (Å²) in [6.07, 6.45) is 0. The molecular formula is C18H20O3S. The second kappa shape index (κ2) is 7.36. The third-order valence-electron chi connectivity index (χ3n) is 3.43. The second-order valence-electron chi connectivity index (χ2n) is 5.17. The molecule has 22 heavy (non-hydrogen) atoms. The van der Waals surface area contributed by atoms with Crippen LogP contribution in [0.5, 0.6) is 5.75 Å². The predicted molar refractivity (Wildman–Crippen MR) is 89.7 cm³/mol. The van der Waals surface area contributed by atoms with Crippen molar-refractivity contribution < 1.29 is 14.3 Å². The molecule has 0 heterocycles. The highest BCUT2D eigenvalue weighted by molar-refractivity contribution is 8.13. The minimum atomic E-state index is -0.321. The highest BCUT2D eigenvalue weighted by Crippen LogP contribution is 2.28. The molecule has 0 saturated heterocycles. The number of carbonyl (C=O) groups excluding carboxylic acids is 1. The zero-order chi connectivity index (χ0) is 16.1. The SMILES string of the molecule is COC(=O)Sc1cccc(C)c1COc1ccc(C)cc1C. The van der Waals surface area contributed by atoms with E-state index in [-0.39, 0.29) is 5.30 Å². The van der Waals surface area contributed by atoms with Crippen molar-refractivity contribution in [1.82, 2.24) is 0 Å². The summed E-state index contributed by atoms with van der Waals surface area (Å²) in [5.74, 6) is 0.864. The smallest absolute Gasteiger partial charge is 0.371 e. The van der Waals surface area contributed by atoms with Crippen LogP contribution in [0.2, 0.25) is 0 Å². The van der Waals surface area contributed by atoms with Gasteiger partial charge in [0.05, 0.1) is 7.11 Å². The van der Waals surface area contributed by atoms with Gasteiger partial charge in [-0.3, -0.25) is 0 Å². The molecule has 0 unspecified atom stereocenters. The summed E-state index contributed by atoms with van der Waals surface area (Å²) in [5.41, 5.74) is 4.43. The summed E-state index contributed by atoms with van der Waals surface area (Å²) < 4.78 is 10.7. The summed E-state index contributed by atoms with van der Waals surface area (Å²) in [5, 5.41) is -0.321. The van der Waals surface area contributed by atoms with Gasteiger partial charge in [-0.25, -0.2) is 4.79 Å². The average molecular weight is 316 g/mol. The third kappa shape index (κ3) is 4.04. The maximum atomic E-state index is 11.5. The number of ether oxygens (including phenoxy) is 2. The Hall–Kier alpha value is -1.94. The van der Waals surface area contributed by atoms with Crippen LogP contribution in [0.25, 0.3) is 0 Å². The van der Waals surface area contributed by atoms with Crippen molar-refractivity contribution in [2.24, 2.45) is 0 Å². The molecule has 0 fully saturated rings. The second-order valence-corrected chi connectivity index (χ2v) is 6.14. The number of rotatable bonds is 4. The van der Waals surface area contributed by atoms with Crippen LogP contribution in [0, 0.1) is 20.8 Å². The van der Waals surface area contributed by atoms with Gasteiger partial charge in [-0.05, 0) is 55.8 Å². The summed E-state index contributed by atoms with van der Waals surface area (Å²) in [6.45, 7) is 6.53. The normalized spacial score (nSPS) is 10.4. The first-order chi connectivity index (χ1) is 10.5. The van der Waals surface area contributed by atoms with E-state index < -0.39 is 0 Å². The van der Waals surface area contributed by atoms with Gasteiger partial charge in [-0.2, -0.15) is 0 Å². The van der Waals surface area contributed by atoms with Crippen molar-refractivity contribution >= 4 is 17.1 Å². The molecule has 116 valence electrons. The molecule has 0 atom stereocenters. The van der Waals surface area contributed by atoms with E-state index in [1.165, 1.54) is 12.7 Å². The lowest BCUT2D eigenvalue weighted by Crippen LogP contribution is -2.02. The van der Waals surface area contributed by atoms with Crippen LogP contribution in [0.4, 0.5) is 4.79 Å². The summed E-state index contributed by atoms with van der Waals surface area (Å²) in [4.78, 5) is 12.4. The van der Waals surface area contributed by atoms with E-state index in [1.807, 2.05) is 44.2 Å². The highest BCUT2D eigenvalue weighted by atomic mass is 32.2. The lowest BCUT2D eigenvalue weighted by atomic mass is 10.1. The van der Waals surface area contributed by atoms with Gasteiger partial charge in [0.2, 0.25) is 0 Å². The molecule has 0 N–H and O–H groups in total. The first-order valence-electron chi connectivity index (χ1n) is 7.05. The van der Waals surface area contributed by atoms with E-state index in [9.17, 15) is 4.79 Å². The molecule has 0 spiro atoms. The minimum Gasteiger partial charge on any atom is -0.489 e. The van der Waals surface area contributed by atoms with Gasteiger partial charge in [0, 0.05) is 10.5 Å². The molecule has 0 amide bonds. The molecule has 0 aromatic heterocycles. The fraction of sp³-hybridized carbons (Fsp3) is 0.278. The molecule has 0 saturated carbocycles. The van der Waals surface area contributed by atoms with E-state index in [4.69, 9.17) is 9.47 Å². The van der Waals surface area contributed by atoms with Crippen molar-refractivity contribution in [3.05, 3.63) is 58.7 Å². The van der Waals surface area contributed by atoms with Gasteiger partial charge in [-0.15, -0.1) is 0 Å². The fourth-order valence-electron chi connectivity index (χ4n) is 2.20. The third-order valence-corrected chi connectivity index (χ3v) is 4.37. The Balaban J connectivity index is 2.19. The van der Waals surface area contributed by atoms with Gasteiger partial charge < -0.3 is 9.47 Å². The van der Waals surface area contributed by atoms with Gasteiger partial charge in [-0.1, -0.05) is 29.8 Å². The van der Waals surface area contributed by atoms with Crippen molar-refractivity contribution in [2.45, 2.75) is 32.3 Å². The molecule has 0 aliphatic heterocycles. The largest absolute Gasteiger partial charge is 0.489 e. The Morgan fingerprint density at radius 3 is 2.55 bits per heavy atom. The standard InChI is InChI=1S/C18H20O3S/c1-12-8-9-16(14(3)10-12)21-11-15-13(2)6-5-7-17(15)22-18(19)20-4/h5-10H,11H2,1-4H3. The first-order valence-corrected chi connectivity index (χ1v) is 7.87. The summed E-state index contributed by atoms with van der Waals surface area (Å²) >= 11 is 1.09. The van der Waals surface area contributed by atoms with E-state index in [1.54, 1.807) is 0 Å². The van der Waals surface area contributed by atoms with Crippen LogP contribution in [0.1, 0.15) is 22.3 Å². The van der Waals surface area contributed by atoms with Crippen molar-refractivity contribution in [3.8, 4) is 5.75 Å². The zero-order valence-electron chi connectivity index (χ0n) is 13.3. The predicted octanol–water partition coefficient (Wildman–Crippen LogP) is 5.05. The molecule has 2 aromatic carbocycles. The molecular weight excluding hydrogens is 296 g/mol. The van der Waals surface area contributed by atoms with Crippen LogP contribution in [-0.4, -0.2) is 12.4 Å². The van der Waals surface area contributed by atoms with E-state index >= 15 is 0 Å². The number of benzene rings is 2. The van der Waals surface area contributed by atoms with E-state index in [0.717, 1.165) is 39.1 Å². The Morgan fingerprint density at radius 2 is 1.86 bits per heavy atom. The summed E-state index contributed by atoms with van der Waals surface area (Å²) in [7, 11) is 1.39. The van der Waals surface area contributed by atoms with Crippen LogP contribution in [0.3, 0.4) is 0 Å². The number of carbonyl (C=O) groups is 1. The van der Waals surface area contributed by atoms with Crippen LogP contribution >= 0.6 is 11.8 Å². The van der Waals surface area contributed by atoms with E-state index in [2.05, 4.69) is 13.0 Å². The van der Waals surface area contributed by atoms with Crippen molar-refractivity contribution in [3.63, 3.8) is 0 Å². The van der Waals surface area contributed by atoms with Crippen molar-refractivity contribution in [2.75, 3.05) is 7.11 Å². The molecule has 0 aliphatic carbocycles. The molecule has 0 bridgehead atoms. The zero-order valence-corrected chi connectivity index (χ0v) is 14.1. The van der Waals surface area contributed by atoms with E-state index in [0.29, 0.717) is 6.61 Å². The monoisotopic (exact) mass is 316 g/mol. The number of hydrogen-bond donors (Lipinski definition) is 0. The molecule has 4 heteroatoms. The number of hydrogen-bond acceptors (Lipinski definition) is 4. The van der Waals surface area contributed by atoms with Gasteiger partial charge in [0.15, 0.2) is 0 Å². The quantitative estimate of drug-likeness (QED) is 0.584. The number of methoxy groups -OCH3 is 1. The molecule has 0 aliphatic rings. The Morgan fingerprint density at radius 1 is 1.09 bits per heavy atom. The fourth-order valence-corrected chi connectivity index (χ4v) is 2.95. The van der Waals surface area contributed by atoms with Crippen molar-refractivity contribution in [1.29, 1.82) is 0 Å². The Labute approximate surface area is 135 Å². The maximum absolute atomic E-state index is 11.5. The average Bonchev–Trinajstić information content (AvgIpc) is 2.48. The number of thioether (sulfide) groups is 1. The van der Waals surface area contributed by atoms with Gasteiger partial charge in [0.25, 0.3) is 0 Å². The van der Waals surface area contributed by atoms with Crippen LogP contribution < -0.4 is 4.74 Å². The first kappa shape index (κ1) is 16.4. The Kier molecular flexibility index (Phi) is 5.50. The van der Waals surface area contributed by atoms with Crippen LogP contribution in [-0.2, 0) is 11.3 Å². The number of aryl methyl sites for hydroxylation is 3. The molecule has 2 aromatic rings. The molecule has 2 rings (SSSR count). The van der Waals surface area contributed by atoms with Gasteiger partial charge >= 0.3 is 5.30 Å². The maximum Gasteiger partial charge on any atom is 0.371 e. The lowest BCUT2D eigenvalue weighted by molar-refractivity contribution is 0.200. The Bertz CT molecular complexity index is 680. The lowest BCUT2D eigenvalue weighted by Gasteiger charge is -2.14.